The van der Waals surface area contributed by atoms with E-state index >= 15 is 0 Å². The normalized spacial score (nSPS) is 40.0. The van der Waals surface area contributed by atoms with Gasteiger partial charge in [-0.2, -0.15) is 0 Å². The van der Waals surface area contributed by atoms with Crippen LogP contribution in [0.25, 0.3) is 0 Å². The summed E-state index contributed by atoms with van der Waals surface area (Å²) in [5.41, 5.74) is 5.73. The van der Waals surface area contributed by atoms with E-state index in [1.165, 1.54) is 0 Å². The number of hydrogen-bond donors (Lipinski definition) is 3. The maximum absolute atomic E-state index is 13.9. The molecule has 4 saturated carbocycles. The number of rotatable bonds is 8. The number of allylic oxidation sites excluding steroid dienone is 1. The van der Waals surface area contributed by atoms with Gasteiger partial charge >= 0.3 is 11.9 Å². The van der Waals surface area contributed by atoms with E-state index in [1.807, 2.05) is 0 Å². The minimum Gasteiger partial charge on any atom is -0.481 e. The largest absolute Gasteiger partial charge is 0.481 e. The third-order valence-corrected chi connectivity index (χ3v) is 14.7. The Hall–Kier alpha value is -2.22. The second-order valence-electron chi connectivity index (χ2n) is 18.0. The van der Waals surface area contributed by atoms with Crippen LogP contribution in [0.15, 0.2) is 11.1 Å². The van der Waals surface area contributed by atoms with Gasteiger partial charge in [0.05, 0.1) is 17.3 Å². The Morgan fingerprint density at radius 1 is 0.957 bits per heavy atom. The lowest BCUT2D eigenvalue weighted by Crippen LogP contribution is -2.66. The number of esters is 1. The minimum atomic E-state index is -1.16. The molecule has 4 N–H and O–H groups in total. The van der Waals surface area contributed by atoms with Crippen molar-refractivity contribution in [2.45, 2.75) is 133 Å². The van der Waals surface area contributed by atoms with Crippen molar-refractivity contribution in [3.63, 3.8) is 0 Å². The summed E-state index contributed by atoms with van der Waals surface area (Å²) in [6, 6.07) is 0. The first-order valence-corrected chi connectivity index (χ1v) is 17.9. The predicted molar refractivity (Wildman–Crippen MR) is 177 cm³/mol. The summed E-state index contributed by atoms with van der Waals surface area (Å²) in [6.45, 7) is 20.1. The number of aliphatic carboxylic acids is 1. The van der Waals surface area contributed by atoms with Crippen molar-refractivity contribution in [2.24, 2.45) is 61.9 Å². The Kier molecular flexibility index (Phi) is 8.73. The molecule has 0 aromatic heterocycles. The van der Waals surface area contributed by atoms with Crippen LogP contribution < -0.4 is 11.1 Å². The summed E-state index contributed by atoms with van der Waals surface area (Å²) in [7, 11) is 0. The van der Waals surface area contributed by atoms with Crippen LogP contribution in [0, 0.1) is 56.2 Å². The lowest BCUT2D eigenvalue weighted by Gasteiger charge is -2.72. The molecule has 5 rings (SSSR count). The molecule has 0 aromatic rings. The van der Waals surface area contributed by atoms with E-state index < -0.39 is 22.8 Å². The smallest absolute Gasteiger partial charge is 0.309 e. The number of ketones is 1. The number of carboxylic acid groups (broad SMARTS) is 1. The van der Waals surface area contributed by atoms with Gasteiger partial charge in [0.2, 0.25) is 5.91 Å². The van der Waals surface area contributed by atoms with Crippen molar-refractivity contribution in [3.8, 4) is 0 Å². The molecule has 0 radical (unpaired) electrons. The standard InChI is InChI=1S/C38H60N2O6/c1-22(2)29-24(41)20-38(31(43)40-19-18-39)17-16-36(8)23(30(29)38)10-11-26-35(7)14-13-27(46-28(42)21-33(3,4)32(44)45)34(5,6)25(35)12-15-37(26,36)9/h22-23,25-27H,10-21,39H2,1-9H3,(H,40,43)(H,44,45)/t23-,25+,26-,27+,35+,36-,37-,38-/m1/s1. The molecule has 0 heterocycles. The second-order valence-corrected chi connectivity index (χ2v) is 18.0. The lowest BCUT2D eigenvalue weighted by atomic mass is 9.33. The quantitative estimate of drug-likeness (QED) is 0.259. The number of fused-ring (bicyclic) bond motifs is 7. The van der Waals surface area contributed by atoms with E-state index in [-0.39, 0.29) is 64.1 Å². The molecule has 8 nitrogen and oxygen atoms in total. The Balaban J connectivity index is 1.46. The third-order valence-electron chi connectivity index (χ3n) is 14.7. The first kappa shape index (κ1) is 35.1. The van der Waals surface area contributed by atoms with Crippen molar-refractivity contribution >= 4 is 23.6 Å². The average molecular weight is 641 g/mol. The van der Waals surface area contributed by atoms with E-state index in [4.69, 9.17) is 10.5 Å². The number of carbonyl (C=O) groups excluding carboxylic acids is 3. The number of Topliss-reactive ketones (excluding diaryl/α,β-unsaturated/α-hetero) is 1. The van der Waals surface area contributed by atoms with E-state index in [1.54, 1.807) is 13.8 Å². The zero-order chi connectivity index (χ0) is 34.3. The van der Waals surface area contributed by atoms with E-state index in [2.05, 4.69) is 53.8 Å². The van der Waals surface area contributed by atoms with Gasteiger partial charge in [-0.05, 0) is 116 Å². The molecule has 46 heavy (non-hydrogen) atoms. The molecule has 0 saturated heterocycles. The molecule has 0 aromatic carbocycles. The van der Waals surface area contributed by atoms with Gasteiger partial charge in [0.15, 0.2) is 5.78 Å². The molecular weight excluding hydrogens is 580 g/mol. The maximum atomic E-state index is 13.9. The zero-order valence-corrected chi connectivity index (χ0v) is 29.9. The van der Waals surface area contributed by atoms with Gasteiger partial charge < -0.3 is 20.9 Å². The lowest BCUT2D eigenvalue weighted by molar-refractivity contribution is -0.233. The number of nitrogens with one attached hydrogen (secondary N) is 1. The van der Waals surface area contributed by atoms with Crippen molar-refractivity contribution in [3.05, 3.63) is 11.1 Å². The molecule has 1 amide bonds. The number of ether oxygens (including phenoxy) is 1. The Morgan fingerprint density at radius 3 is 2.24 bits per heavy atom. The number of carbonyl (C=O) groups is 4. The van der Waals surface area contributed by atoms with Gasteiger partial charge in [0.1, 0.15) is 6.10 Å². The van der Waals surface area contributed by atoms with Gasteiger partial charge in [0.25, 0.3) is 0 Å². The first-order chi connectivity index (χ1) is 21.2. The van der Waals surface area contributed by atoms with E-state index in [0.29, 0.717) is 31.3 Å². The van der Waals surface area contributed by atoms with Crippen molar-refractivity contribution < 1.29 is 29.0 Å². The van der Waals surface area contributed by atoms with Crippen LogP contribution in [0.5, 0.6) is 0 Å². The van der Waals surface area contributed by atoms with E-state index in [0.717, 1.165) is 56.1 Å². The molecule has 0 bridgehead atoms. The molecule has 258 valence electrons. The van der Waals surface area contributed by atoms with Crippen LogP contribution in [0.4, 0.5) is 0 Å². The highest BCUT2D eigenvalue weighted by Gasteiger charge is 2.71. The topological polar surface area (TPSA) is 136 Å². The minimum absolute atomic E-state index is 0.0108. The van der Waals surface area contributed by atoms with Gasteiger partial charge in [-0.25, -0.2) is 0 Å². The van der Waals surface area contributed by atoms with Crippen LogP contribution in [0.1, 0.15) is 127 Å². The monoisotopic (exact) mass is 640 g/mol. The van der Waals surface area contributed by atoms with Crippen molar-refractivity contribution in [2.75, 3.05) is 13.1 Å². The third kappa shape index (κ3) is 4.92. The Labute approximate surface area is 276 Å². The maximum Gasteiger partial charge on any atom is 0.309 e. The van der Waals surface area contributed by atoms with Crippen LogP contribution in [0.3, 0.4) is 0 Å². The molecule has 8 atom stereocenters. The Morgan fingerprint density at radius 2 is 1.63 bits per heavy atom. The molecule has 0 aliphatic heterocycles. The molecule has 0 spiro atoms. The first-order valence-electron chi connectivity index (χ1n) is 17.9. The molecule has 0 unspecified atom stereocenters. The SMILES string of the molecule is CC(C)C1=C2[C@H]3CC[C@@H]4[C@@]5(C)CC[C@H](OC(=O)CC(C)(C)C(=O)O)C(C)(C)[C@@H]5CC[C@@]4(C)[C@]3(C)CC[C@@]2(C(=O)NCCN)CC1=O. The Bertz CT molecular complexity index is 1330. The highest BCUT2D eigenvalue weighted by Crippen LogP contribution is 2.76. The van der Waals surface area contributed by atoms with Crippen LogP contribution in [-0.4, -0.2) is 47.9 Å². The average Bonchev–Trinajstić information content (AvgIpc) is 3.26. The summed E-state index contributed by atoms with van der Waals surface area (Å²) in [6.07, 6.45) is 7.39. The second kappa shape index (κ2) is 11.4. The van der Waals surface area contributed by atoms with Gasteiger partial charge in [0, 0.05) is 24.9 Å². The van der Waals surface area contributed by atoms with Gasteiger partial charge in [-0.1, -0.05) is 48.5 Å². The summed E-state index contributed by atoms with van der Waals surface area (Å²) in [5, 5.41) is 12.6. The fourth-order valence-corrected chi connectivity index (χ4v) is 12.1. The highest BCUT2D eigenvalue weighted by molar-refractivity contribution is 6.07. The fourth-order valence-electron chi connectivity index (χ4n) is 12.1. The van der Waals surface area contributed by atoms with Crippen molar-refractivity contribution in [1.82, 2.24) is 5.32 Å². The highest BCUT2D eigenvalue weighted by atomic mass is 16.5. The van der Waals surface area contributed by atoms with Crippen molar-refractivity contribution in [1.29, 1.82) is 0 Å². The number of amides is 1. The number of carboxylic acids is 1. The number of nitrogens with two attached hydrogens (primary N) is 1. The molecule has 4 fully saturated rings. The van der Waals surface area contributed by atoms with E-state index in [9.17, 15) is 24.3 Å². The van der Waals surface area contributed by atoms with Crippen LogP contribution >= 0.6 is 0 Å². The number of hydrogen-bond acceptors (Lipinski definition) is 6. The van der Waals surface area contributed by atoms with Gasteiger partial charge in [-0.3, -0.25) is 19.2 Å². The summed E-state index contributed by atoms with van der Waals surface area (Å²) in [4.78, 5) is 52.3. The predicted octanol–water partition coefficient (Wildman–Crippen LogP) is 6.45. The van der Waals surface area contributed by atoms with Crippen LogP contribution in [-0.2, 0) is 23.9 Å². The summed E-state index contributed by atoms with van der Waals surface area (Å²) >= 11 is 0. The molecule has 8 heteroatoms. The zero-order valence-electron chi connectivity index (χ0n) is 29.9. The van der Waals surface area contributed by atoms with Crippen LogP contribution in [0.2, 0.25) is 0 Å². The van der Waals surface area contributed by atoms with Gasteiger partial charge in [-0.15, -0.1) is 0 Å². The molecule has 5 aliphatic carbocycles. The summed E-state index contributed by atoms with van der Waals surface area (Å²) in [5.74, 6) is -0.175. The summed E-state index contributed by atoms with van der Waals surface area (Å²) < 4.78 is 6.12. The molecular formula is C38H60N2O6. The molecule has 5 aliphatic rings. The fraction of sp³-hybridized carbons (Fsp3) is 0.842.